The van der Waals surface area contributed by atoms with E-state index in [1.807, 2.05) is 0 Å². The summed E-state index contributed by atoms with van der Waals surface area (Å²) >= 11 is 0. The summed E-state index contributed by atoms with van der Waals surface area (Å²) in [5, 5.41) is 12.2. The number of carboxylic acid groups (broad SMARTS) is 1. The number of aliphatic carboxylic acids is 1. The van der Waals surface area contributed by atoms with E-state index >= 15 is 0 Å². The number of alkyl halides is 2. The van der Waals surface area contributed by atoms with Crippen molar-refractivity contribution in [2.45, 2.75) is 26.2 Å². The molecule has 0 saturated carbocycles. The lowest BCUT2D eigenvalue weighted by Crippen LogP contribution is -2.20. The second-order valence-electron chi connectivity index (χ2n) is 3.44. The van der Waals surface area contributed by atoms with Crippen LogP contribution in [0.15, 0.2) is 0 Å². The lowest BCUT2D eigenvalue weighted by atomic mass is 10.0. The van der Waals surface area contributed by atoms with E-state index in [0.717, 1.165) is 0 Å². The van der Waals surface area contributed by atoms with Crippen LogP contribution in [-0.2, 0) is 17.8 Å². The van der Waals surface area contributed by atoms with Crippen LogP contribution in [0.3, 0.4) is 0 Å². The quantitative estimate of drug-likeness (QED) is 0.838. The second-order valence-corrected chi connectivity index (χ2v) is 3.44. The molecular formula is C9H12F2N2O2. The maximum atomic E-state index is 13.5. The van der Waals surface area contributed by atoms with E-state index in [1.54, 1.807) is 7.05 Å². The first-order valence-corrected chi connectivity index (χ1v) is 4.36. The molecule has 0 atom stereocenters. The van der Waals surface area contributed by atoms with Crippen molar-refractivity contribution in [3.05, 3.63) is 17.0 Å². The summed E-state index contributed by atoms with van der Waals surface area (Å²) < 4.78 is 28.3. The molecule has 0 radical (unpaired) electrons. The van der Waals surface area contributed by atoms with Crippen LogP contribution in [0, 0.1) is 13.8 Å². The molecule has 0 aliphatic rings. The van der Waals surface area contributed by atoms with Crippen molar-refractivity contribution in [2.24, 2.45) is 7.05 Å². The Hall–Kier alpha value is -1.46. The molecule has 0 aliphatic heterocycles. The summed E-state index contributed by atoms with van der Waals surface area (Å²) in [6, 6.07) is 0. The van der Waals surface area contributed by atoms with Gasteiger partial charge >= 0.3 is 5.97 Å². The fourth-order valence-electron chi connectivity index (χ4n) is 1.58. The van der Waals surface area contributed by atoms with E-state index in [2.05, 4.69) is 5.10 Å². The van der Waals surface area contributed by atoms with E-state index in [0.29, 0.717) is 5.69 Å². The van der Waals surface area contributed by atoms with E-state index < -0.39 is 18.3 Å². The zero-order valence-corrected chi connectivity index (χ0v) is 8.71. The Morgan fingerprint density at radius 3 is 2.40 bits per heavy atom. The molecule has 0 spiro atoms. The summed E-state index contributed by atoms with van der Waals surface area (Å²) in [7, 11) is 1.54. The van der Waals surface area contributed by atoms with Crippen LogP contribution in [0.25, 0.3) is 0 Å². The molecule has 4 nitrogen and oxygen atoms in total. The van der Waals surface area contributed by atoms with Gasteiger partial charge in [-0.15, -0.1) is 0 Å². The van der Waals surface area contributed by atoms with E-state index in [1.165, 1.54) is 18.5 Å². The highest BCUT2D eigenvalue weighted by atomic mass is 19.3. The fraction of sp³-hybridized carbons (Fsp3) is 0.556. The number of carboxylic acids is 1. The number of hydrogen-bond donors (Lipinski definition) is 1. The number of rotatable bonds is 3. The van der Waals surface area contributed by atoms with Crippen LogP contribution in [0.2, 0.25) is 0 Å². The van der Waals surface area contributed by atoms with Gasteiger partial charge in [-0.25, -0.2) is 8.78 Å². The highest BCUT2D eigenvalue weighted by Crippen LogP contribution is 2.35. The Balaban J connectivity index is 3.19. The molecule has 1 aromatic heterocycles. The summed E-state index contributed by atoms with van der Waals surface area (Å²) in [6.07, 6.45) is -1.21. The first-order chi connectivity index (χ1) is 6.75. The Morgan fingerprint density at radius 1 is 1.53 bits per heavy atom. The third kappa shape index (κ3) is 2.14. The molecule has 0 aliphatic carbocycles. The number of aryl methyl sites for hydroxylation is 2. The van der Waals surface area contributed by atoms with Gasteiger partial charge in [-0.2, -0.15) is 5.10 Å². The monoisotopic (exact) mass is 218 g/mol. The molecule has 15 heavy (non-hydrogen) atoms. The van der Waals surface area contributed by atoms with Crippen molar-refractivity contribution in [1.29, 1.82) is 0 Å². The lowest BCUT2D eigenvalue weighted by molar-refractivity contribution is -0.145. The summed E-state index contributed by atoms with van der Waals surface area (Å²) in [5.74, 6) is -4.89. The van der Waals surface area contributed by atoms with Gasteiger partial charge in [0.15, 0.2) is 0 Å². The fourth-order valence-corrected chi connectivity index (χ4v) is 1.58. The maximum Gasteiger partial charge on any atom is 0.309 e. The topological polar surface area (TPSA) is 55.1 Å². The van der Waals surface area contributed by atoms with Gasteiger partial charge in [-0.1, -0.05) is 0 Å². The number of halogens is 2. The lowest BCUT2D eigenvalue weighted by Gasteiger charge is -2.14. The highest BCUT2D eigenvalue weighted by molar-refractivity contribution is 5.68. The standard InChI is InChI=1S/C9H12F2N2O2/c1-5-8(6(2)13(3)12-5)9(10,11)4-7(14)15/h4H2,1-3H3,(H,14,15). The number of aromatic nitrogens is 2. The molecule has 0 aromatic carbocycles. The van der Waals surface area contributed by atoms with Gasteiger partial charge in [0.05, 0.1) is 11.3 Å². The first-order valence-electron chi connectivity index (χ1n) is 4.36. The molecule has 0 unspecified atom stereocenters. The van der Waals surface area contributed by atoms with Gasteiger partial charge in [-0.05, 0) is 13.8 Å². The van der Waals surface area contributed by atoms with Crippen molar-refractivity contribution < 1.29 is 18.7 Å². The third-order valence-corrected chi connectivity index (χ3v) is 2.25. The Labute approximate surface area is 85.5 Å². The maximum absolute atomic E-state index is 13.5. The van der Waals surface area contributed by atoms with Gasteiger partial charge in [-0.3, -0.25) is 9.48 Å². The molecule has 0 fully saturated rings. The minimum absolute atomic E-state index is 0.168. The third-order valence-electron chi connectivity index (χ3n) is 2.25. The van der Waals surface area contributed by atoms with Crippen LogP contribution in [0.1, 0.15) is 23.4 Å². The van der Waals surface area contributed by atoms with Gasteiger partial charge in [0, 0.05) is 12.7 Å². The number of hydrogen-bond acceptors (Lipinski definition) is 2. The Morgan fingerprint density at radius 2 is 2.07 bits per heavy atom. The van der Waals surface area contributed by atoms with Crippen LogP contribution in [0.5, 0.6) is 0 Å². The first kappa shape index (κ1) is 11.6. The average molecular weight is 218 g/mol. The van der Waals surface area contributed by atoms with Crippen molar-refractivity contribution >= 4 is 5.97 Å². The summed E-state index contributed by atoms with van der Waals surface area (Å²) in [6.45, 7) is 2.93. The SMILES string of the molecule is Cc1nn(C)c(C)c1C(F)(F)CC(=O)O. The minimum atomic E-state index is -3.37. The Bertz CT molecular complexity index is 399. The molecule has 6 heteroatoms. The predicted octanol–water partition coefficient (Wildman–Crippen LogP) is 1.60. The summed E-state index contributed by atoms with van der Waals surface area (Å²) in [4.78, 5) is 10.3. The van der Waals surface area contributed by atoms with E-state index in [4.69, 9.17) is 5.11 Å². The van der Waals surface area contributed by atoms with Gasteiger partial charge in [0.25, 0.3) is 5.92 Å². The van der Waals surface area contributed by atoms with Crippen LogP contribution < -0.4 is 0 Å². The van der Waals surface area contributed by atoms with Crippen LogP contribution >= 0.6 is 0 Å². The molecule has 1 N–H and O–H groups in total. The van der Waals surface area contributed by atoms with Crippen LogP contribution in [-0.4, -0.2) is 20.9 Å². The normalized spacial score (nSPS) is 11.8. The van der Waals surface area contributed by atoms with Crippen molar-refractivity contribution in [3.63, 3.8) is 0 Å². The molecule has 0 bridgehead atoms. The molecule has 1 heterocycles. The van der Waals surface area contributed by atoms with Gasteiger partial charge < -0.3 is 5.11 Å². The van der Waals surface area contributed by atoms with E-state index in [-0.39, 0.29) is 11.3 Å². The zero-order valence-electron chi connectivity index (χ0n) is 8.71. The smallest absolute Gasteiger partial charge is 0.309 e. The molecule has 84 valence electrons. The largest absolute Gasteiger partial charge is 0.481 e. The molecule has 0 saturated heterocycles. The molecular weight excluding hydrogens is 206 g/mol. The average Bonchev–Trinajstić information content (AvgIpc) is 2.23. The second kappa shape index (κ2) is 3.60. The van der Waals surface area contributed by atoms with Gasteiger partial charge in [0.2, 0.25) is 0 Å². The van der Waals surface area contributed by atoms with Crippen molar-refractivity contribution in [1.82, 2.24) is 9.78 Å². The molecule has 0 amide bonds. The minimum Gasteiger partial charge on any atom is -0.481 e. The molecule has 1 aromatic rings. The predicted molar refractivity (Wildman–Crippen MR) is 48.8 cm³/mol. The van der Waals surface area contributed by atoms with E-state index in [9.17, 15) is 13.6 Å². The summed E-state index contributed by atoms with van der Waals surface area (Å²) in [5.41, 5.74) is 0.174. The van der Waals surface area contributed by atoms with Gasteiger partial charge in [0.1, 0.15) is 6.42 Å². The van der Waals surface area contributed by atoms with Crippen molar-refractivity contribution in [2.75, 3.05) is 0 Å². The number of nitrogens with zero attached hydrogens (tertiary/aromatic N) is 2. The number of carbonyl (C=O) groups is 1. The van der Waals surface area contributed by atoms with Crippen molar-refractivity contribution in [3.8, 4) is 0 Å². The Kier molecular flexibility index (Phi) is 2.79. The molecule has 1 rings (SSSR count). The highest BCUT2D eigenvalue weighted by Gasteiger charge is 2.39. The zero-order chi connectivity index (χ0) is 11.8. The van der Waals surface area contributed by atoms with Crippen LogP contribution in [0.4, 0.5) is 8.78 Å².